The van der Waals surface area contributed by atoms with Gasteiger partial charge in [0.2, 0.25) is 11.8 Å². The summed E-state index contributed by atoms with van der Waals surface area (Å²) in [6, 6.07) is 2.53. The van der Waals surface area contributed by atoms with Crippen LogP contribution in [0.5, 0.6) is 0 Å². The fourth-order valence-electron chi connectivity index (χ4n) is 6.78. The lowest BCUT2D eigenvalue weighted by atomic mass is 9.70. The Balaban J connectivity index is 1.28. The molecule has 5 aliphatic heterocycles. The summed E-state index contributed by atoms with van der Waals surface area (Å²) in [5.41, 5.74) is -1.00. The molecule has 3 amide bonds. The molecule has 10 nitrogen and oxygen atoms in total. The van der Waals surface area contributed by atoms with Gasteiger partial charge in [-0.1, -0.05) is 19.1 Å². The zero-order valence-corrected chi connectivity index (χ0v) is 19.8. The molecule has 0 radical (unpaired) electrons. The summed E-state index contributed by atoms with van der Waals surface area (Å²) in [4.78, 5) is 57.9. The third-order valence-corrected chi connectivity index (χ3v) is 8.35. The van der Waals surface area contributed by atoms with E-state index in [4.69, 9.17) is 13.9 Å². The molecule has 1 aromatic heterocycles. The number of nitrogens with zero attached hydrogens (tertiary/aromatic N) is 3. The molecule has 4 fully saturated rings. The van der Waals surface area contributed by atoms with Crippen molar-refractivity contribution >= 4 is 23.7 Å². The molecule has 0 N–H and O–H groups in total. The third kappa shape index (κ3) is 3.05. The topological polar surface area (TPSA) is 110 Å². The van der Waals surface area contributed by atoms with Gasteiger partial charge in [-0.3, -0.25) is 14.4 Å². The number of carbonyl (C=O) groups excluding carboxylic acids is 4. The van der Waals surface area contributed by atoms with Gasteiger partial charge in [-0.25, -0.2) is 4.79 Å². The molecule has 1 spiro atoms. The molecule has 10 heteroatoms. The second-order valence-electron chi connectivity index (χ2n) is 9.99. The number of ether oxygens (including phenoxy) is 2. The maximum Gasteiger partial charge on any atom is 0.409 e. The van der Waals surface area contributed by atoms with Gasteiger partial charge in [0.1, 0.15) is 17.1 Å². The predicted octanol–water partition coefficient (Wildman–Crippen LogP) is 1.38. The standard InChI is InChI=1S/C25H29N3O7/c1-3-33-24(32)27-10-8-26(9-11-27)22(30)19-18-6-7-25(35-18)20(19)23(31)28-15(17-5-4-12-34-17)13-16(29)14(2)21(25)28/h4-7,12,14-15,18-21H,3,8-11,13H2,1-2H3/t14-,15-,18+,19+,20+,21-,25+/m1/s1. The summed E-state index contributed by atoms with van der Waals surface area (Å²) < 4.78 is 17.1. The Kier molecular flexibility index (Phi) is 5.07. The molecule has 35 heavy (non-hydrogen) atoms. The van der Waals surface area contributed by atoms with Crippen LogP contribution in [0, 0.1) is 17.8 Å². The van der Waals surface area contributed by atoms with Gasteiger partial charge in [0.15, 0.2) is 0 Å². The van der Waals surface area contributed by atoms with E-state index in [0.29, 0.717) is 38.5 Å². The highest BCUT2D eigenvalue weighted by molar-refractivity contribution is 5.96. The lowest BCUT2D eigenvalue weighted by Crippen LogP contribution is -2.55. The average Bonchev–Trinajstić information content (AvgIpc) is 3.64. The number of hydrogen-bond acceptors (Lipinski definition) is 7. The van der Waals surface area contributed by atoms with E-state index in [0.717, 1.165) is 0 Å². The summed E-state index contributed by atoms with van der Waals surface area (Å²) >= 11 is 0. The van der Waals surface area contributed by atoms with Crippen molar-refractivity contribution in [2.24, 2.45) is 17.8 Å². The zero-order chi connectivity index (χ0) is 24.5. The number of rotatable bonds is 3. The number of ketones is 1. The van der Waals surface area contributed by atoms with Crippen LogP contribution in [0.3, 0.4) is 0 Å². The van der Waals surface area contributed by atoms with Gasteiger partial charge in [0.05, 0.1) is 42.9 Å². The highest BCUT2D eigenvalue weighted by Gasteiger charge is 2.74. The maximum absolute atomic E-state index is 14.0. The highest BCUT2D eigenvalue weighted by Crippen LogP contribution is 2.60. The van der Waals surface area contributed by atoms with Crippen molar-refractivity contribution in [3.8, 4) is 0 Å². The van der Waals surface area contributed by atoms with Crippen LogP contribution < -0.4 is 0 Å². The molecule has 0 aliphatic carbocycles. The molecule has 1 aromatic rings. The van der Waals surface area contributed by atoms with Gasteiger partial charge in [0.25, 0.3) is 0 Å². The Bertz CT molecular complexity index is 1090. The Morgan fingerprint density at radius 1 is 1.17 bits per heavy atom. The summed E-state index contributed by atoms with van der Waals surface area (Å²) in [6.45, 7) is 5.40. The fraction of sp³-hybridized carbons (Fsp3) is 0.600. The SMILES string of the molecule is CCOC(=O)N1CCN(C(=O)[C@H]2[C@@H]3C=C[C@]4(O3)[C@@H]2C(=O)N2[C@@H](c3ccco3)CC(=O)[C@@H](C)[C@@H]24)CC1. The summed E-state index contributed by atoms with van der Waals surface area (Å²) in [5.74, 6) is -1.45. The van der Waals surface area contributed by atoms with E-state index in [1.807, 2.05) is 19.1 Å². The largest absolute Gasteiger partial charge is 0.467 e. The zero-order valence-electron chi connectivity index (χ0n) is 19.8. The molecule has 4 saturated heterocycles. The van der Waals surface area contributed by atoms with Gasteiger partial charge in [0, 0.05) is 38.5 Å². The van der Waals surface area contributed by atoms with Crippen LogP contribution in [0.25, 0.3) is 0 Å². The quantitative estimate of drug-likeness (QED) is 0.598. The van der Waals surface area contributed by atoms with Gasteiger partial charge >= 0.3 is 6.09 Å². The summed E-state index contributed by atoms with van der Waals surface area (Å²) in [7, 11) is 0. The molecular formula is C25H29N3O7. The number of carbonyl (C=O) groups is 4. The minimum atomic E-state index is -1.00. The van der Waals surface area contributed by atoms with Crippen molar-refractivity contribution in [3.05, 3.63) is 36.3 Å². The molecule has 2 bridgehead atoms. The molecule has 0 saturated carbocycles. The second kappa shape index (κ2) is 7.94. The van der Waals surface area contributed by atoms with Gasteiger partial charge in [-0.05, 0) is 19.1 Å². The first-order valence-corrected chi connectivity index (χ1v) is 12.3. The first-order valence-electron chi connectivity index (χ1n) is 12.3. The minimum absolute atomic E-state index is 0.0563. The van der Waals surface area contributed by atoms with E-state index in [2.05, 4.69) is 0 Å². The van der Waals surface area contributed by atoms with Crippen molar-refractivity contribution in [1.29, 1.82) is 0 Å². The Hall–Kier alpha value is -3.14. The number of amides is 3. The van der Waals surface area contributed by atoms with E-state index in [1.165, 1.54) is 6.26 Å². The molecule has 7 atom stereocenters. The van der Waals surface area contributed by atoms with Crippen molar-refractivity contribution in [2.45, 2.75) is 44.1 Å². The van der Waals surface area contributed by atoms with Crippen molar-refractivity contribution in [3.63, 3.8) is 0 Å². The Morgan fingerprint density at radius 2 is 1.91 bits per heavy atom. The minimum Gasteiger partial charge on any atom is -0.467 e. The van der Waals surface area contributed by atoms with Crippen molar-refractivity contribution < 1.29 is 33.1 Å². The smallest absolute Gasteiger partial charge is 0.409 e. The third-order valence-electron chi connectivity index (χ3n) is 8.35. The lowest BCUT2D eigenvalue weighted by Gasteiger charge is -2.43. The monoisotopic (exact) mass is 483 g/mol. The Labute approximate surface area is 202 Å². The van der Waals surface area contributed by atoms with Gasteiger partial charge in [-0.15, -0.1) is 0 Å². The number of hydrogen-bond donors (Lipinski definition) is 0. The molecule has 6 rings (SSSR count). The Morgan fingerprint density at radius 3 is 2.60 bits per heavy atom. The van der Waals surface area contributed by atoms with Crippen LogP contribution in [0.1, 0.15) is 32.1 Å². The second-order valence-corrected chi connectivity index (χ2v) is 9.99. The van der Waals surface area contributed by atoms with E-state index < -0.39 is 41.5 Å². The predicted molar refractivity (Wildman–Crippen MR) is 120 cm³/mol. The van der Waals surface area contributed by atoms with E-state index in [-0.39, 0.29) is 30.1 Å². The summed E-state index contributed by atoms with van der Waals surface area (Å²) in [5, 5.41) is 0. The average molecular weight is 484 g/mol. The summed E-state index contributed by atoms with van der Waals surface area (Å²) in [6.07, 6.45) is 4.61. The molecule has 6 heterocycles. The van der Waals surface area contributed by atoms with Crippen LogP contribution in [-0.4, -0.2) is 88.9 Å². The molecule has 186 valence electrons. The molecular weight excluding hydrogens is 454 g/mol. The van der Waals surface area contributed by atoms with Gasteiger partial charge in [-0.2, -0.15) is 0 Å². The van der Waals surface area contributed by atoms with Crippen LogP contribution in [0.4, 0.5) is 4.79 Å². The van der Waals surface area contributed by atoms with Crippen molar-refractivity contribution in [2.75, 3.05) is 32.8 Å². The van der Waals surface area contributed by atoms with E-state index in [1.54, 1.807) is 33.8 Å². The van der Waals surface area contributed by atoms with Crippen molar-refractivity contribution in [1.82, 2.24) is 14.7 Å². The number of furan rings is 1. The number of Topliss-reactive ketones (excluding diaryl/α,β-unsaturated/α-hetero) is 1. The van der Waals surface area contributed by atoms with E-state index >= 15 is 0 Å². The van der Waals surface area contributed by atoms with Crippen LogP contribution >= 0.6 is 0 Å². The number of piperazine rings is 1. The first kappa shape index (κ1) is 22.3. The molecule has 0 aromatic carbocycles. The van der Waals surface area contributed by atoms with E-state index in [9.17, 15) is 19.2 Å². The van der Waals surface area contributed by atoms with Crippen LogP contribution in [-0.2, 0) is 23.9 Å². The van der Waals surface area contributed by atoms with Crippen LogP contribution in [0.15, 0.2) is 35.0 Å². The number of fused-ring (bicyclic) bond motifs is 2. The maximum atomic E-state index is 14.0. The lowest BCUT2D eigenvalue weighted by molar-refractivity contribution is -0.150. The fourth-order valence-corrected chi connectivity index (χ4v) is 6.78. The normalized spacial score (nSPS) is 37.6. The van der Waals surface area contributed by atoms with Gasteiger partial charge < -0.3 is 28.6 Å². The number of piperidine rings is 1. The van der Waals surface area contributed by atoms with Crippen LogP contribution in [0.2, 0.25) is 0 Å². The molecule has 0 unspecified atom stereocenters. The first-order chi connectivity index (χ1) is 16.9. The highest BCUT2D eigenvalue weighted by atomic mass is 16.6. The molecule has 5 aliphatic rings.